The first kappa shape index (κ1) is 23.0. The number of aromatic hydroxyl groups is 1. The zero-order valence-corrected chi connectivity index (χ0v) is 17.6. The number of phenols is 1. The van der Waals surface area contributed by atoms with E-state index in [0.717, 1.165) is 12.7 Å². The Labute approximate surface area is 174 Å². The first-order chi connectivity index (χ1) is 14.1. The molecule has 0 aliphatic carbocycles. The van der Waals surface area contributed by atoms with E-state index in [1.54, 1.807) is 25.1 Å². The third kappa shape index (κ3) is 5.63. The number of nitrogens with zero attached hydrogens (tertiary/aromatic N) is 3. The summed E-state index contributed by atoms with van der Waals surface area (Å²) in [4.78, 5) is 12.7. The van der Waals surface area contributed by atoms with Crippen LogP contribution in [0.25, 0.3) is 6.08 Å². The molecule has 3 rings (SSSR count). The Morgan fingerprint density at radius 3 is 2.47 bits per heavy atom. The molecule has 1 aliphatic rings. The molecular weight excluding hydrogens is 414 g/mol. The minimum atomic E-state index is -4.41. The number of benzene rings is 1. The molecule has 1 aromatic heterocycles. The molecule has 0 saturated heterocycles. The van der Waals surface area contributed by atoms with E-state index in [0.29, 0.717) is 22.9 Å². The van der Waals surface area contributed by atoms with Gasteiger partial charge in [-0.25, -0.2) is 17.8 Å². The van der Waals surface area contributed by atoms with Crippen molar-refractivity contribution in [3.8, 4) is 11.5 Å². The highest BCUT2D eigenvalue weighted by Crippen LogP contribution is 2.28. The number of rotatable bonds is 4. The van der Waals surface area contributed by atoms with Crippen molar-refractivity contribution in [2.45, 2.75) is 6.92 Å². The molecule has 0 radical (unpaired) electrons. The van der Waals surface area contributed by atoms with Gasteiger partial charge in [0, 0.05) is 6.07 Å². The number of pyridine rings is 1. The summed E-state index contributed by atoms with van der Waals surface area (Å²) >= 11 is 0. The summed E-state index contributed by atoms with van der Waals surface area (Å²) in [7, 11) is -0.260. The average molecular weight is 435 g/mol. The van der Waals surface area contributed by atoms with E-state index in [2.05, 4.69) is 9.28 Å². The highest BCUT2D eigenvalue weighted by Gasteiger charge is 2.37. The molecule has 30 heavy (non-hydrogen) atoms. The summed E-state index contributed by atoms with van der Waals surface area (Å²) in [5.74, 6) is 0.909. The molecule has 0 bridgehead atoms. The van der Waals surface area contributed by atoms with Gasteiger partial charge in [0.15, 0.2) is 11.5 Å². The van der Waals surface area contributed by atoms with Gasteiger partial charge in [0.2, 0.25) is 10.4 Å². The average Bonchev–Trinajstić information content (AvgIpc) is 2.97. The minimum Gasteiger partial charge on any atom is -0.726 e. The number of hydrogen-bond acceptors (Lipinski definition) is 8. The molecule has 2 heterocycles. The molecule has 1 aromatic carbocycles. The Hall–Kier alpha value is -3.28. The summed E-state index contributed by atoms with van der Waals surface area (Å²) in [6, 6.07) is 10.5. The molecule has 0 saturated carbocycles. The largest absolute Gasteiger partial charge is 0.726 e. The van der Waals surface area contributed by atoms with Crippen LogP contribution in [0.4, 0.5) is 5.82 Å². The highest BCUT2D eigenvalue weighted by atomic mass is 32.3. The van der Waals surface area contributed by atoms with Crippen LogP contribution in [0.2, 0.25) is 0 Å². The zero-order chi connectivity index (χ0) is 22.5. The Balaban J connectivity index is 0.000000469. The molecule has 10 nitrogen and oxygen atoms in total. The SMILES string of the molecule is COS(=O)(=O)[O-].COc1cc(C=C2C(=O)N(c3cccc[n+]3C)N=C2C)ccc1O. The Morgan fingerprint density at radius 1 is 1.23 bits per heavy atom. The second-order valence-electron chi connectivity index (χ2n) is 6.04. The van der Waals surface area contributed by atoms with Crippen LogP contribution < -0.4 is 14.3 Å². The summed E-state index contributed by atoms with van der Waals surface area (Å²) in [5, 5.41) is 15.4. The van der Waals surface area contributed by atoms with Crippen LogP contribution in [0.3, 0.4) is 0 Å². The van der Waals surface area contributed by atoms with Crippen LogP contribution in [0.1, 0.15) is 12.5 Å². The van der Waals surface area contributed by atoms with Gasteiger partial charge in [-0.15, -0.1) is 0 Å². The van der Waals surface area contributed by atoms with Crippen molar-refractivity contribution < 1.29 is 36.4 Å². The number of anilines is 1. The lowest BCUT2D eigenvalue weighted by atomic mass is 10.1. The number of methoxy groups -OCH3 is 1. The van der Waals surface area contributed by atoms with Crippen LogP contribution in [-0.2, 0) is 26.4 Å². The number of carbonyl (C=O) groups excluding carboxylic acids is 1. The molecular formula is C19H21N3O7S. The highest BCUT2D eigenvalue weighted by molar-refractivity contribution is 7.80. The van der Waals surface area contributed by atoms with Gasteiger partial charge in [-0.05, 0) is 36.8 Å². The lowest BCUT2D eigenvalue weighted by Gasteiger charge is -2.06. The van der Waals surface area contributed by atoms with Crippen molar-refractivity contribution in [3.63, 3.8) is 0 Å². The van der Waals surface area contributed by atoms with Crippen molar-refractivity contribution in [3.05, 3.63) is 53.7 Å². The quantitative estimate of drug-likeness (QED) is 0.329. The second kappa shape index (κ2) is 9.48. The standard InChI is InChI=1S/C18H17N3O3.CH4O4S/c1-12-14(10-13-7-8-15(22)16(11-13)24-3)18(23)21(19-12)17-6-4-5-9-20(17)2;1-5-6(2,3)4/h4-11H,1-3H3;1H3,(H,2,3,4). The number of hydrogen-bond donors (Lipinski definition) is 1. The topological polar surface area (TPSA) is 132 Å². The molecule has 1 aliphatic heterocycles. The zero-order valence-electron chi connectivity index (χ0n) is 16.8. The van der Waals surface area contributed by atoms with Crippen LogP contribution >= 0.6 is 0 Å². The molecule has 1 amide bonds. The van der Waals surface area contributed by atoms with Gasteiger partial charge in [0.25, 0.3) is 0 Å². The van der Waals surface area contributed by atoms with Gasteiger partial charge >= 0.3 is 11.7 Å². The van der Waals surface area contributed by atoms with Gasteiger partial charge in [-0.3, -0.25) is 4.18 Å². The number of aryl methyl sites for hydroxylation is 1. The number of amides is 1. The second-order valence-corrected chi connectivity index (χ2v) is 7.19. The monoisotopic (exact) mass is 435 g/mol. The third-order valence-corrected chi connectivity index (χ3v) is 4.43. The number of aromatic nitrogens is 1. The van der Waals surface area contributed by atoms with Crippen molar-refractivity contribution in [2.24, 2.45) is 12.1 Å². The van der Waals surface area contributed by atoms with Crippen molar-refractivity contribution in [2.75, 3.05) is 19.2 Å². The minimum absolute atomic E-state index is 0.0562. The van der Waals surface area contributed by atoms with Crippen LogP contribution in [0.15, 0.2) is 53.3 Å². The van der Waals surface area contributed by atoms with E-state index >= 15 is 0 Å². The first-order valence-electron chi connectivity index (χ1n) is 8.52. The van der Waals surface area contributed by atoms with Crippen LogP contribution in [0, 0.1) is 0 Å². The van der Waals surface area contributed by atoms with Gasteiger partial charge in [-0.2, -0.15) is 0 Å². The van der Waals surface area contributed by atoms with E-state index in [9.17, 15) is 22.9 Å². The van der Waals surface area contributed by atoms with Gasteiger partial charge in [0.1, 0.15) is 0 Å². The lowest BCUT2D eigenvalue weighted by molar-refractivity contribution is -0.658. The fourth-order valence-electron chi connectivity index (χ4n) is 2.52. The summed E-state index contributed by atoms with van der Waals surface area (Å²) in [6.45, 7) is 1.80. The predicted octanol–water partition coefficient (Wildman–Crippen LogP) is 1.12. The number of carbonyl (C=O) groups is 1. The first-order valence-corrected chi connectivity index (χ1v) is 9.85. The number of hydrazone groups is 1. The Kier molecular flexibility index (Phi) is 7.27. The fraction of sp³-hybridized carbons (Fsp3) is 0.211. The molecule has 11 heteroatoms. The van der Waals surface area contributed by atoms with Crippen molar-refractivity contribution >= 4 is 33.9 Å². The van der Waals surface area contributed by atoms with Gasteiger partial charge < -0.3 is 14.4 Å². The molecule has 0 spiro atoms. The maximum absolute atomic E-state index is 12.7. The normalized spacial score (nSPS) is 15.0. The number of phenolic OH excluding ortho intramolecular Hbond substituents is 1. The van der Waals surface area contributed by atoms with Crippen molar-refractivity contribution in [1.29, 1.82) is 0 Å². The summed E-state index contributed by atoms with van der Waals surface area (Å²) in [6.07, 6.45) is 3.60. The summed E-state index contributed by atoms with van der Waals surface area (Å²) < 4.78 is 38.0. The molecule has 1 N–H and O–H groups in total. The van der Waals surface area contributed by atoms with E-state index in [-0.39, 0.29) is 11.7 Å². The molecule has 0 atom stereocenters. The summed E-state index contributed by atoms with van der Waals surface area (Å²) in [5.41, 5.74) is 1.89. The van der Waals surface area contributed by atoms with Crippen LogP contribution in [0.5, 0.6) is 11.5 Å². The lowest BCUT2D eigenvalue weighted by Crippen LogP contribution is -2.37. The molecule has 160 valence electrons. The third-order valence-electron chi connectivity index (χ3n) is 4.03. The Bertz CT molecular complexity index is 1110. The maximum Gasteiger partial charge on any atom is 0.368 e. The smallest absolute Gasteiger partial charge is 0.368 e. The van der Waals surface area contributed by atoms with Crippen molar-refractivity contribution in [1.82, 2.24) is 0 Å². The Morgan fingerprint density at radius 2 is 1.90 bits per heavy atom. The van der Waals surface area contributed by atoms with Crippen LogP contribution in [-0.4, -0.2) is 43.9 Å². The molecule has 0 fully saturated rings. The van der Waals surface area contributed by atoms with E-state index < -0.39 is 10.4 Å². The van der Waals surface area contributed by atoms with E-state index in [4.69, 9.17) is 4.74 Å². The van der Waals surface area contributed by atoms with E-state index in [1.807, 2.05) is 36.0 Å². The van der Waals surface area contributed by atoms with Gasteiger partial charge in [-0.1, -0.05) is 22.2 Å². The molecule has 0 unspecified atom stereocenters. The van der Waals surface area contributed by atoms with Gasteiger partial charge in [0.05, 0.1) is 38.7 Å². The van der Waals surface area contributed by atoms with E-state index in [1.165, 1.54) is 18.2 Å². The molecule has 2 aromatic rings. The fourth-order valence-corrected chi connectivity index (χ4v) is 2.52. The number of ether oxygens (including phenoxy) is 1. The maximum atomic E-state index is 12.7. The predicted molar refractivity (Wildman–Crippen MR) is 108 cm³/mol.